The first kappa shape index (κ1) is 21.0. The van der Waals surface area contributed by atoms with Crippen molar-refractivity contribution >= 4 is 34.9 Å². The van der Waals surface area contributed by atoms with Gasteiger partial charge in [0.05, 0.1) is 17.7 Å². The number of carbonyl (C=O) groups is 2. The van der Waals surface area contributed by atoms with Crippen molar-refractivity contribution in [2.24, 2.45) is 0 Å². The summed E-state index contributed by atoms with van der Waals surface area (Å²) < 4.78 is 15.3. The Bertz CT molecular complexity index is 871. The van der Waals surface area contributed by atoms with Crippen LogP contribution in [0.1, 0.15) is 6.92 Å². The Morgan fingerprint density at radius 1 is 1.21 bits per heavy atom. The van der Waals surface area contributed by atoms with Gasteiger partial charge >= 0.3 is 5.97 Å². The van der Waals surface area contributed by atoms with Crippen molar-refractivity contribution in [2.45, 2.75) is 13.0 Å². The van der Waals surface area contributed by atoms with E-state index in [1.165, 1.54) is 44.4 Å². The van der Waals surface area contributed by atoms with E-state index in [0.29, 0.717) is 16.5 Å². The van der Waals surface area contributed by atoms with Gasteiger partial charge in [-0.2, -0.15) is 0 Å². The number of benzene rings is 2. The minimum absolute atomic E-state index is 0.100. The summed E-state index contributed by atoms with van der Waals surface area (Å²) in [6, 6.07) is 9.90. The second-order valence-electron chi connectivity index (χ2n) is 5.51. The van der Waals surface area contributed by atoms with Gasteiger partial charge in [-0.15, -0.1) is 0 Å². The first-order valence-electron chi connectivity index (χ1n) is 8.01. The molecule has 0 saturated heterocycles. The van der Waals surface area contributed by atoms with E-state index in [1.54, 1.807) is 12.1 Å². The summed E-state index contributed by atoms with van der Waals surface area (Å²) in [4.78, 5) is 34.1. The highest BCUT2D eigenvalue weighted by molar-refractivity contribution is 6.31. The highest BCUT2D eigenvalue weighted by Gasteiger charge is 2.20. The second kappa shape index (κ2) is 9.56. The fourth-order valence-corrected chi connectivity index (χ4v) is 2.28. The highest BCUT2D eigenvalue weighted by Crippen LogP contribution is 2.27. The molecule has 148 valence electrons. The number of nitrogens with zero attached hydrogens (tertiary/aromatic N) is 1. The lowest BCUT2D eigenvalue weighted by Crippen LogP contribution is -2.31. The van der Waals surface area contributed by atoms with Gasteiger partial charge in [-0.05, 0) is 37.3 Å². The molecule has 0 aromatic heterocycles. The average Bonchev–Trinajstić information content (AvgIpc) is 2.66. The summed E-state index contributed by atoms with van der Waals surface area (Å²) in [5, 5.41) is 13.6. The summed E-state index contributed by atoms with van der Waals surface area (Å²) >= 11 is 5.90. The van der Waals surface area contributed by atoms with Crippen molar-refractivity contribution in [3.05, 3.63) is 57.6 Å². The topological polar surface area (TPSA) is 117 Å². The van der Waals surface area contributed by atoms with Crippen LogP contribution in [-0.2, 0) is 14.3 Å². The molecule has 0 saturated carbocycles. The van der Waals surface area contributed by atoms with Gasteiger partial charge in [-0.3, -0.25) is 14.9 Å². The van der Waals surface area contributed by atoms with Crippen molar-refractivity contribution < 1.29 is 28.7 Å². The summed E-state index contributed by atoms with van der Waals surface area (Å²) in [6.07, 6.45) is -1.10. The van der Waals surface area contributed by atoms with E-state index in [4.69, 9.17) is 25.8 Å². The Morgan fingerprint density at radius 2 is 1.89 bits per heavy atom. The standard InChI is InChI=1S/C18H17ClN2O7/c1-11(18(23)20-15-9-12(19)3-8-16(15)26-2)28-17(22)10-27-14-6-4-13(5-7-14)21(24)25/h3-9,11H,10H2,1-2H3,(H,20,23)/t11-/m1/s1. The van der Waals surface area contributed by atoms with Crippen molar-refractivity contribution in [1.29, 1.82) is 0 Å². The molecule has 0 aliphatic carbocycles. The number of non-ortho nitro benzene ring substituents is 1. The predicted molar refractivity (Wildman–Crippen MR) is 101 cm³/mol. The van der Waals surface area contributed by atoms with E-state index in [2.05, 4.69) is 5.32 Å². The lowest BCUT2D eigenvalue weighted by Gasteiger charge is -2.15. The zero-order chi connectivity index (χ0) is 20.7. The summed E-state index contributed by atoms with van der Waals surface area (Å²) in [6.45, 7) is 0.937. The number of anilines is 1. The van der Waals surface area contributed by atoms with Crippen molar-refractivity contribution in [1.82, 2.24) is 0 Å². The maximum Gasteiger partial charge on any atom is 0.344 e. The number of ether oxygens (including phenoxy) is 3. The van der Waals surface area contributed by atoms with Gasteiger partial charge in [0, 0.05) is 17.2 Å². The van der Waals surface area contributed by atoms with Crippen LogP contribution in [0.2, 0.25) is 5.02 Å². The molecule has 9 nitrogen and oxygen atoms in total. The minimum Gasteiger partial charge on any atom is -0.495 e. The number of methoxy groups -OCH3 is 1. The molecule has 0 fully saturated rings. The fourth-order valence-electron chi connectivity index (χ4n) is 2.10. The molecule has 0 aliphatic rings. The molecule has 0 bridgehead atoms. The van der Waals surface area contributed by atoms with Crippen molar-refractivity contribution in [3.63, 3.8) is 0 Å². The molecule has 0 radical (unpaired) electrons. The normalized spacial score (nSPS) is 11.2. The number of carbonyl (C=O) groups excluding carboxylic acids is 2. The van der Waals surface area contributed by atoms with Gasteiger partial charge in [-0.25, -0.2) is 4.79 Å². The van der Waals surface area contributed by atoms with Gasteiger partial charge in [0.2, 0.25) is 0 Å². The molecule has 0 unspecified atom stereocenters. The first-order valence-corrected chi connectivity index (χ1v) is 8.39. The highest BCUT2D eigenvalue weighted by atomic mass is 35.5. The molecule has 2 rings (SSSR count). The molecule has 10 heteroatoms. The fraction of sp³-hybridized carbons (Fsp3) is 0.222. The first-order chi connectivity index (χ1) is 13.3. The van der Waals surface area contributed by atoms with Gasteiger partial charge in [0.25, 0.3) is 11.6 Å². The third-order valence-electron chi connectivity index (χ3n) is 3.50. The number of rotatable bonds is 8. The largest absolute Gasteiger partial charge is 0.495 e. The number of nitro benzene ring substituents is 1. The molecule has 28 heavy (non-hydrogen) atoms. The average molecular weight is 409 g/mol. The van der Waals surface area contributed by atoms with Crippen LogP contribution in [0.25, 0.3) is 0 Å². The lowest BCUT2D eigenvalue weighted by molar-refractivity contribution is -0.384. The summed E-state index contributed by atoms with van der Waals surface area (Å²) in [5.74, 6) is -0.704. The molecule has 2 aromatic rings. The van der Waals surface area contributed by atoms with Gasteiger partial charge < -0.3 is 19.5 Å². The Morgan fingerprint density at radius 3 is 2.50 bits per heavy atom. The summed E-state index contributed by atoms with van der Waals surface area (Å²) in [5.41, 5.74) is 0.238. The molecule has 0 aliphatic heterocycles. The molecule has 1 N–H and O–H groups in total. The van der Waals surface area contributed by atoms with Crippen LogP contribution < -0.4 is 14.8 Å². The zero-order valence-electron chi connectivity index (χ0n) is 15.0. The van der Waals surface area contributed by atoms with Gasteiger partial charge in [0.1, 0.15) is 11.5 Å². The number of hydrogen-bond acceptors (Lipinski definition) is 7. The van der Waals surface area contributed by atoms with Gasteiger partial charge in [-0.1, -0.05) is 11.6 Å². The Labute approximate surface area is 165 Å². The zero-order valence-corrected chi connectivity index (χ0v) is 15.8. The quantitative estimate of drug-likeness (QED) is 0.405. The van der Waals surface area contributed by atoms with E-state index < -0.39 is 29.5 Å². The number of halogens is 1. The van der Waals surface area contributed by atoms with E-state index in [-0.39, 0.29) is 11.4 Å². The molecule has 0 spiro atoms. The monoisotopic (exact) mass is 408 g/mol. The van der Waals surface area contributed by atoms with Crippen LogP contribution in [-0.4, -0.2) is 36.6 Å². The lowest BCUT2D eigenvalue weighted by atomic mass is 10.2. The predicted octanol–water partition coefficient (Wildman–Crippen LogP) is 3.21. The maximum absolute atomic E-state index is 12.2. The van der Waals surface area contributed by atoms with E-state index in [1.807, 2.05) is 0 Å². The van der Waals surface area contributed by atoms with Crippen LogP contribution in [0.15, 0.2) is 42.5 Å². The smallest absolute Gasteiger partial charge is 0.344 e. The van der Waals surface area contributed by atoms with Crippen LogP contribution >= 0.6 is 11.6 Å². The second-order valence-corrected chi connectivity index (χ2v) is 5.94. The Hall–Kier alpha value is -3.33. The maximum atomic E-state index is 12.2. The summed E-state index contributed by atoms with van der Waals surface area (Å²) in [7, 11) is 1.44. The number of hydrogen-bond donors (Lipinski definition) is 1. The SMILES string of the molecule is COc1ccc(Cl)cc1NC(=O)[C@@H](C)OC(=O)COc1ccc([N+](=O)[O-])cc1. The number of nitrogens with one attached hydrogen (secondary N) is 1. The number of amides is 1. The number of esters is 1. The third-order valence-corrected chi connectivity index (χ3v) is 3.74. The molecule has 1 atom stereocenters. The van der Waals surface area contributed by atoms with Crippen LogP contribution in [0.3, 0.4) is 0 Å². The van der Waals surface area contributed by atoms with Crippen LogP contribution in [0.5, 0.6) is 11.5 Å². The Kier molecular flexibility index (Phi) is 7.16. The third kappa shape index (κ3) is 5.85. The van der Waals surface area contributed by atoms with Crippen LogP contribution in [0, 0.1) is 10.1 Å². The van der Waals surface area contributed by atoms with Crippen LogP contribution in [0.4, 0.5) is 11.4 Å². The van der Waals surface area contributed by atoms with E-state index >= 15 is 0 Å². The molecular weight excluding hydrogens is 392 g/mol. The molecular formula is C18H17ClN2O7. The van der Waals surface area contributed by atoms with E-state index in [9.17, 15) is 19.7 Å². The van der Waals surface area contributed by atoms with Crippen molar-refractivity contribution in [2.75, 3.05) is 19.0 Å². The Balaban J connectivity index is 1.86. The van der Waals surface area contributed by atoms with E-state index in [0.717, 1.165) is 0 Å². The molecule has 1 amide bonds. The van der Waals surface area contributed by atoms with Crippen molar-refractivity contribution in [3.8, 4) is 11.5 Å². The molecule has 2 aromatic carbocycles. The minimum atomic E-state index is -1.10. The number of nitro groups is 1. The van der Waals surface area contributed by atoms with Gasteiger partial charge in [0.15, 0.2) is 12.7 Å². The molecule has 0 heterocycles.